The first kappa shape index (κ1) is 21.3. The molecule has 0 bridgehead atoms. The Kier molecular flexibility index (Phi) is 5.92. The quantitative estimate of drug-likeness (QED) is 0.288. The van der Waals surface area contributed by atoms with Crippen molar-refractivity contribution in [2.24, 2.45) is 0 Å². The van der Waals surface area contributed by atoms with Crippen molar-refractivity contribution in [2.75, 3.05) is 11.9 Å². The summed E-state index contributed by atoms with van der Waals surface area (Å²) in [5, 5.41) is 9.77. The summed E-state index contributed by atoms with van der Waals surface area (Å²) in [6.45, 7) is 4.24. The summed E-state index contributed by atoms with van der Waals surface area (Å²) < 4.78 is 7.36. The second-order valence-corrected chi connectivity index (χ2v) is 8.87. The molecule has 168 valence electrons. The molecule has 0 aliphatic carbocycles. The molecule has 7 nitrogen and oxygen atoms in total. The van der Waals surface area contributed by atoms with Gasteiger partial charge in [0, 0.05) is 34.1 Å². The molecule has 1 aliphatic heterocycles. The maximum Gasteiger partial charge on any atom is 0.338 e. The fourth-order valence-electron chi connectivity index (χ4n) is 4.06. The summed E-state index contributed by atoms with van der Waals surface area (Å²) in [4.78, 5) is 21.2. The molecule has 5 rings (SSSR count). The molecule has 0 amide bonds. The van der Waals surface area contributed by atoms with Crippen LogP contribution in [0.1, 0.15) is 37.4 Å². The molecule has 4 aromatic rings. The molecule has 0 spiro atoms. The van der Waals surface area contributed by atoms with Crippen molar-refractivity contribution in [1.29, 1.82) is 0 Å². The minimum Gasteiger partial charge on any atom is -0.462 e. The Morgan fingerprint density at radius 3 is 2.76 bits per heavy atom. The number of carbonyl (C=O) groups excluding carboxylic acids is 1. The Bertz CT molecular complexity index is 1330. The molecule has 1 aliphatic rings. The van der Waals surface area contributed by atoms with Crippen LogP contribution in [0, 0.1) is 0 Å². The number of hydrogen-bond donors (Lipinski definition) is 2. The lowest BCUT2D eigenvalue weighted by atomic mass is 9.95. The van der Waals surface area contributed by atoms with Crippen LogP contribution in [0.3, 0.4) is 0 Å². The third-order valence-electron chi connectivity index (χ3n) is 5.62. The lowest BCUT2D eigenvalue weighted by Gasteiger charge is -2.27. The normalized spacial score (nSPS) is 15.4. The van der Waals surface area contributed by atoms with Gasteiger partial charge in [0.2, 0.25) is 11.1 Å². The van der Waals surface area contributed by atoms with Crippen molar-refractivity contribution in [3.63, 3.8) is 0 Å². The van der Waals surface area contributed by atoms with Gasteiger partial charge in [-0.1, -0.05) is 67.2 Å². The van der Waals surface area contributed by atoms with E-state index in [1.165, 1.54) is 5.56 Å². The van der Waals surface area contributed by atoms with Crippen molar-refractivity contribution in [2.45, 2.75) is 37.2 Å². The number of esters is 1. The van der Waals surface area contributed by atoms with Gasteiger partial charge in [0.05, 0.1) is 12.2 Å². The van der Waals surface area contributed by atoms with E-state index >= 15 is 0 Å². The highest BCUT2D eigenvalue weighted by atomic mass is 32.2. The van der Waals surface area contributed by atoms with Crippen molar-refractivity contribution in [1.82, 2.24) is 19.7 Å². The minimum absolute atomic E-state index is 0.336. The molecule has 0 saturated heterocycles. The van der Waals surface area contributed by atoms with Gasteiger partial charge in [-0.25, -0.2) is 9.48 Å². The first-order valence-corrected chi connectivity index (χ1v) is 12.0. The van der Waals surface area contributed by atoms with Crippen LogP contribution in [0.4, 0.5) is 5.95 Å². The fourth-order valence-corrected chi connectivity index (χ4v) is 4.84. The lowest BCUT2D eigenvalue weighted by Crippen LogP contribution is -2.29. The van der Waals surface area contributed by atoms with Gasteiger partial charge in [-0.2, -0.15) is 4.98 Å². The number of fused-ring (bicyclic) bond motifs is 2. The molecule has 0 fully saturated rings. The molecule has 0 radical (unpaired) electrons. The molecule has 0 saturated carbocycles. The highest BCUT2D eigenvalue weighted by Crippen LogP contribution is 2.39. The van der Waals surface area contributed by atoms with Crippen molar-refractivity contribution in [3.8, 4) is 0 Å². The Morgan fingerprint density at radius 2 is 1.94 bits per heavy atom. The number of aromatic nitrogens is 4. The van der Waals surface area contributed by atoms with Gasteiger partial charge in [-0.05, 0) is 25.0 Å². The third kappa shape index (κ3) is 4.14. The number of allylic oxidation sites excluding steroid dienone is 1. The van der Waals surface area contributed by atoms with Crippen LogP contribution in [0.15, 0.2) is 77.2 Å². The van der Waals surface area contributed by atoms with Gasteiger partial charge in [-0.3, -0.25) is 0 Å². The van der Waals surface area contributed by atoms with Gasteiger partial charge >= 0.3 is 5.97 Å². The molecular weight excluding hydrogens is 434 g/mol. The largest absolute Gasteiger partial charge is 0.462 e. The number of benzene rings is 2. The first-order chi connectivity index (χ1) is 16.2. The molecule has 1 atom stereocenters. The number of para-hydroxylation sites is 1. The van der Waals surface area contributed by atoms with Crippen LogP contribution in [-0.2, 0) is 15.3 Å². The number of thioether (sulfide) groups is 1. The zero-order chi connectivity index (χ0) is 22.8. The Balaban J connectivity index is 1.55. The number of H-pyrrole nitrogens is 1. The second-order valence-electron chi connectivity index (χ2n) is 7.93. The minimum atomic E-state index is -0.444. The summed E-state index contributed by atoms with van der Waals surface area (Å²) in [7, 11) is 0. The van der Waals surface area contributed by atoms with E-state index in [4.69, 9.17) is 14.8 Å². The monoisotopic (exact) mass is 459 g/mol. The van der Waals surface area contributed by atoms with Crippen LogP contribution in [0.2, 0.25) is 0 Å². The van der Waals surface area contributed by atoms with E-state index in [2.05, 4.69) is 28.5 Å². The average molecular weight is 460 g/mol. The summed E-state index contributed by atoms with van der Waals surface area (Å²) in [6, 6.07) is 17.8. The number of nitrogens with one attached hydrogen (secondary N) is 2. The van der Waals surface area contributed by atoms with Crippen molar-refractivity contribution >= 4 is 34.6 Å². The predicted molar refractivity (Wildman–Crippen MR) is 130 cm³/mol. The van der Waals surface area contributed by atoms with E-state index < -0.39 is 6.04 Å². The molecule has 2 aromatic heterocycles. The lowest BCUT2D eigenvalue weighted by molar-refractivity contribution is -0.139. The number of hydrogen-bond acceptors (Lipinski definition) is 6. The van der Waals surface area contributed by atoms with Crippen LogP contribution < -0.4 is 5.32 Å². The highest BCUT2D eigenvalue weighted by Gasteiger charge is 2.36. The van der Waals surface area contributed by atoms with E-state index in [1.54, 1.807) is 16.4 Å². The molecule has 2 aromatic carbocycles. The standard InChI is InChI=1S/C25H25N5O2S/c1-3-13-32-23(31)21-16(2)27-24-28-25(33-15-17-9-5-4-6-10-17)29-30(24)22(21)19-14-26-20-12-8-7-11-18(19)20/h4-12,14,22,26H,3,13,15H2,1-2H3,(H,27,28,29). The molecule has 8 heteroatoms. The van der Waals surface area contributed by atoms with E-state index in [0.717, 1.165) is 34.3 Å². The topological polar surface area (TPSA) is 84.8 Å². The Hall–Kier alpha value is -3.52. The summed E-state index contributed by atoms with van der Waals surface area (Å²) in [5.74, 6) is 1.04. The highest BCUT2D eigenvalue weighted by molar-refractivity contribution is 7.98. The number of aromatic amines is 1. The SMILES string of the molecule is CCCOC(=O)C1=C(C)Nc2nc(SCc3ccccc3)nn2C1c1c[nH]c2ccccc12. The average Bonchev–Trinajstić information content (AvgIpc) is 3.45. The Morgan fingerprint density at radius 1 is 1.15 bits per heavy atom. The van der Waals surface area contributed by atoms with Crippen LogP contribution in [-0.4, -0.2) is 32.3 Å². The number of ether oxygens (including phenoxy) is 1. The van der Waals surface area contributed by atoms with E-state index in [0.29, 0.717) is 23.3 Å². The zero-order valence-electron chi connectivity index (χ0n) is 18.5. The first-order valence-electron chi connectivity index (χ1n) is 11.0. The van der Waals surface area contributed by atoms with Crippen molar-refractivity contribution in [3.05, 3.63) is 83.2 Å². The zero-order valence-corrected chi connectivity index (χ0v) is 19.4. The van der Waals surface area contributed by atoms with Crippen molar-refractivity contribution < 1.29 is 9.53 Å². The van der Waals surface area contributed by atoms with E-state index in [1.807, 2.05) is 56.4 Å². The molecule has 2 N–H and O–H groups in total. The second kappa shape index (κ2) is 9.15. The smallest absolute Gasteiger partial charge is 0.338 e. The summed E-state index contributed by atoms with van der Waals surface area (Å²) >= 11 is 1.57. The summed E-state index contributed by atoms with van der Waals surface area (Å²) in [6.07, 6.45) is 2.71. The fraction of sp³-hybridized carbons (Fsp3) is 0.240. The number of rotatable bonds is 7. The maximum absolute atomic E-state index is 13.1. The third-order valence-corrected chi connectivity index (χ3v) is 6.53. The number of carbonyl (C=O) groups is 1. The maximum atomic E-state index is 13.1. The van der Waals surface area contributed by atoms with Gasteiger partial charge in [0.1, 0.15) is 6.04 Å². The number of anilines is 1. The Labute approximate surface area is 196 Å². The van der Waals surface area contributed by atoms with E-state index in [-0.39, 0.29) is 5.97 Å². The van der Waals surface area contributed by atoms with Gasteiger partial charge in [0.15, 0.2) is 0 Å². The predicted octanol–water partition coefficient (Wildman–Crippen LogP) is 5.29. The molecular formula is C25H25N5O2S. The van der Waals surface area contributed by atoms with Gasteiger partial charge < -0.3 is 15.0 Å². The summed E-state index contributed by atoms with van der Waals surface area (Å²) in [5.41, 5.74) is 4.44. The molecule has 3 heterocycles. The van der Waals surface area contributed by atoms with Gasteiger partial charge in [-0.15, -0.1) is 5.10 Å². The molecule has 1 unspecified atom stereocenters. The van der Waals surface area contributed by atoms with E-state index in [9.17, 15) is 4.79 Å². The molecule has 33 heavy (non-hydrogen) atoms. The van der Waals surface area contributed by atoms with Gasteiger partial charge in [0.25, 0.3) is 0 Å². The van der Waals surface area contributed by atoms with Crippen LogP contribution in [0.5, 0.6) is 0 Å². The van der Waals surface area contributed by atoms with Crippen LogP contribution in [0.25, 0.3) is 10.9 Å². The van der Waals surface area contributed by atoms with Crippen LogP contribution >= 0.6 is 11.8 Å². The number of nitrogens with zero attached hydrogens (tertiary/aromatic N) is 3.